The van der Waals surface area contributed by atoms with Gasteiger partial charge >= 0.3 is 0 Å². The molecule has 2 bridgehead atoms. The van der Waals surface area contributed by atoms with Crippen LogP contribution in [0.2, 0.25) is 0 Å². The van der Waals surface area contributed by atoms with Gasteiger partial charge in [0.1, 0.15) is 0 Å². The van der Waals surface area contributed by atoms with Gasteiger partial charge in [0.15, 0.2) is 0 Å². The lowest BCUT2D eigenvalue weighted by Gasteiger charge is -2.39. The van der Waals surface area contributed by atoms with Crippen molar-refractivity contribution in [3.8, 4) is 0 Å². The Bertz CT molecular complexity index is 796. The van der Waals surface area contributed by atoms with Crippen molar-refractivity contribution in [2.24, 2.45) is 11.7 Å². The van der Waals surface area contributed by atoms with Gasteiger partial charge in [0.2, 0.25) is 0 Å². The molecule has 0 amide bonds. The Morgan fingerprint density at radius 3 is 2.56 bits per heavy atom. The zero-order valence-corrected chi connectivity index (χ0v) is 14.7. The summed E-state index contributed by atoms with van der Waals surface area (Å²) in [5.74, 6) is 0.693. The molecule has 2 aliphatic carbocycles. The Balaban J connectivity index is 2.05. The van der Waals surface area contributed by atoms with Crippen molar-refractivity contribution in [1.82, 2.24) is 0 Å². The Morgan fingerprint density at radius 1 is 1.08 bits per heavy atom. The molecule has 2 aromatic carbocycles. The van der Waals surface area contributed by atoms with Gasteiger partial charge in [-0.25, -0.2) is 0 Å². The second-order valence-corrected chi connectivity index (χ2v) is 7.64. The van der Waals surface area contributed by atoms with E-state index in [4.69, 9.17) is 5.73 Å². The molecule has 0 saturated heterocycles. The van der Waals surface area contributed by atoms with Crippen molar-refractivity contribution in [3.05, 3.63) is 82.9 Å². The Hall–Kier alpha value is -1.90. The zero-order chi connectivity index (χ0) is 17.4. The van der Waals surface area contributed by atoms with Crippen LogP contribution in [0.25, 0.3) is 0 Å². The molecule has 2 nitrogen and oxygen atoms in total. The summed E-state index contributed by atoms with van der Waals surface area (Å²) in [5.41, 5.74) is 13.1. The minimum absolute atomic E-state index is 0.130. The van der Waals surface area contributed by atoms with Gasteiger partial charge in [0.25, 0.3) is 0 Å². The quantitative estimate of drug-likeness (QED) is 0.836. The van der Waals surface area contributed by atoms with Crippen LogP contribution in [0, 0.1) is 5.92 Å². The zero-order valence-electron chi connectivity index (χ0n) is 14.7. The summed E-state index contributed by atoms with van der Waals surface area (Å²) in [4.78, 5) is 0. The molecule has 3 unspecified atom stereocenters. The number of hydrogen-bond donors (Lipinski definition) is 2. The summed E-state index contributed by atoms with van der Waals surface area (Å²) >= 11 is 0. The van der Waals surface area contributed by atoms with E-state index >= 15 is 0 Å². The van der Waals surface area contributed by atoms with Gasteiger partial charge in [0, 0.05) is 24.5 Å². The van der Waals surface area contributed by atoms with E-state index in [0.717, 1.165) is 25.7 Å². The van der Waals surface area contributed by atoms with E-state index < -0.39 is 0 Å². The average molecular weight is 333 g/mol. The van der Waals surface area contributed by atoms with Gasteiger partial charge < -0.3 is 10.8 Å². The number of allylic oxidation sites excluding steroid dienone is 1. The summed E-state index contributed by atoms with van der Waals surface area (Å²) < 4.78 is 0. The maximum absolute atomic E-state index is 9.71. The standard InChI is InChI=1S/C23H27NO/c1-16-10-12-23(15-24)20-8-4-2-6-17(20)14-18(11-13-25)22(16)19-7-3-5-9-21(19)23/h2-9,18,22,25H,1,10-15,24H2. The molecule has 0 fully saturated rings. The molecule has 25 heavy (non-hydrogen) atoms. The van der Waals surface area contributed by atoms with Gasteiger partial charge in [-0.1, -0.05) is 60.7 Å². The van der Waals surface area contributed by atoms with Crippen LogP contribution in [0.15, 0.2) is 60.7 Å². The maximum Gasteiger partial charge on any atom is 0.0434 e. The molecule has 3 N–H and O–H groups in total. The number of aliphatic hydroxyl groups is 1. The molecular formula is C23H27NO. The molecule has 0 heterocycles. The molecule has 0 aromatic heterocycles. The third-order valence-electron chi connectivity index (χ3n) is 6.46. The highest BCUT2D eigenvalue weighted by Crippen LogP contribution is 2.52. The normalized spacial score (nSPS) is 27.8. The second kappa shape index (κ2) is 6.44. The maximum atomic E-state index is 9.71. The first kappa shape index (κ1) is 16.6. The molecule has 2 heteroatoms. The van der Waals surface area contributed by atoms with Crippen LogP contribution in [0.5, 0.6) is 0 Å². The third-order valence-corrected chi connectivity index (χ3v) is 6.46. The third kappa shape index (κ3) is 2.47. The number of rotatable bonds is 3. The Morgan fingerprint density at radius 2 is 1.80 bits per heavy atom. The van der Waals surface area contributed by atoms with Crippen molar-refractivity contribution in [2.75, 3.05) is 13.2 Å². The highest BCUT2D eigenvalue weighted by molar-refractivity contribution is 5.53. The Labute approximate surface area is 150 Å². The molecule has 0 aliphatic heterocycles. The second-order valence-electron chi connectivity index (χ2n) is 7.64. The molecule has 0 radical (unpaired) electrons. The lowest BCUT2D eigenvalue weighted by molar-refractivity contribution is 0.246. The van der Waals surface area contributed by atoms with E-state index in [-0.39, 0.29) is 12.0 Å². The van der Waals surface area contributed by atoms with Crippen LogP contribution in [0.3, 0.4) is 0 Å². The van der Waals surface area contributed by atoms with Crippen LogP contribution < -0.4 is 5.73 Å². The van der Waals surface area contributed by atoms with E-state index in [1.165, 1.54) is 27.8 Å². The molecule has 2 aromatic rings. The van der Waals surface area contributed by atoms with Gasteiger partial charge in [0.05, 0.1) is 0 Å². The molecular weight excluding hydrogens is 306 g/mol. The highest BCUT2D eigenvalue weighted by Gasteiger charge is 2.44. The van der Waals surface area contributed by atoms with Crippen LogP contribution in [-0.2, 0) is 11.8 Å². The van der Waals surface area contributed by atoms with Crippen LogP contribution in [-0.4, -0.2) is 18.3 Å². The number of benzene rings is 2. The van der Waals surface area contributed by atoms with Crippen LogP contribution >= 0.6 is 0 Å². The lowest BCUT2D eigenvalue weighted by atomic mass is 9.65. The largest absolute Gasteiger partial charge is 0.396 e. The van der Waals surface area contributed by atoms with E-state index in [0.29, 0.717) is 18.4 Å². The smallest absolute Gasteiger partial charge is 0.0434 e. The summed E-state index contributed by atoms with van der Waals surface area (Å²) in [5, 5.41) is 9.71. The van der Waals surface area contributed by atoms with Crippen molar-refractivity contribution >= 4 is 0 Å². The van der Waals surface area contributed by atoms with Crippen LogP contribution in [0.1, 0.15) is 47.4 Å². The van der Waals surface area contributed by atoms with Gasteiger partial charge in [-0.3, -0.25) is 0 Å². The van der Waals surface area contributed by atoms with Crippen molar-refractivity contribution in [1.29, 1.82) is 0 Å². The summed E-state index contributed by atoms with van der Waals surface area (Å²) in [6.45, 7) is 5.31. The van der Waals surface area contributed by atoms with Crippen molar-refractivity contribution in [3.63, 3.8) is 0 Å². The summed E-state index contributed by atoms with van der Waals surface area (Å²) in [6.07, 6.45) is 3.80. The lowest BCUT2D eigenvalue weighted by Crippen LogP contribution is -2.39. The summed E-state index contributed by atoms with van der Waals surface area (Å²) in [6, 6.07) is 17.6. The Kier molecular flexibility index (Phi) is 4.26. The highest BCUT2D eigenvalue weighted by atomic mass is 16.3. The minimum Gasteiger partial charge on any atom is -0.396 e. The van der Waals surface area contributed by atoms with Crippen LogP contribution in [0.4, 0.5) is 0 Å². The first-order valence-corrected chi connectivity index (χ1v) is 9.37. The molecule has 3 atom stereocenters. The first-order chi connectivity index (χ1) is 12.2. The fourth-order valence-electron chi connectivity index (χ4n) is 5.28. The molecule has 130 valence electrons. The molecule has 0 spiro atoms. The average Bonchev–Trinajstić information content (AvgIpc) is 2.73. The monoisotopic (exact) mass is 333 g/mol. The molecule has 0 saturated carbocycles. The van der Waals surface area contributed by atoms with Gasteiger partial charge in [-0.2, -0.15) is 0 Å². The van der Waals surface area contributed by atoms with Gasteiger partial charge in [-0.05, 0) is 53.9 Å². The van der Waals surface area contributed by atoms with Crippen molar-refractivity contribution in [2.45, 2.75) is 37.0 Å². The molecule has 2 aliphatic rings. The topological polar surface area (TPSA) is 46.2 Å². The predicted octanol–water partition coefficient (Wildman–Crippen LogP) is 3.92. The number of aliphatic hydroxyl groups excluding tert-OH is 1. The van der Waals surface area contributed by atoms with Gasteiger partial charge in [-0.15, -0.1) is 0 Å². The molecule has 4 rings (SSSR count). The van der Waals surface area contributed by atoms with E-state index in [9.17, 15) is 5.11 Å². The SMILES string of the molecule is C=C1CCC2(CN)c3ccccc3CC(CCO)C1c1ccccc12. The van der Waals surface area contributed by atoms with Crippen molar-refractivity contribution < 1.29 is 5.11 Å². The predicted molar refractivity (Wildman–Crippen MR) is 103 cm³/mol. The van der Waals surface area contributed by atoms with E-state index in [1.54, 1.807) is 0 Å². The number of nitrogens with two attached hydrogens (primary N) is 1. The fourth-order valence-corrected chi connectivity index (χ4v) is 5.28. The first-order valence-electron chi connectivity index (χ1n) is 9.37. The summed E-state index contributed by atoms with van der Waals surface area (Å²) in [7, 11) is 0. The number of hydrogen-bond acceptors (Lipinski definition) is 2. The van der Waals surface area contributed by atoms with E-state index in [1.807, 2.05) is 0 Å². The van der Waals surface area contributed by atoms with E-state index in [2.05, 4.69) is 55.1 Å². The fraction of sp³-hybridized carbons (Fsp3) is 0.391. The number of fused-ring (bicyclic) bond motifs is 2. The minimum atomic E-state index is -0.130.